The van der Waals surface area contributed by atoms with Crippen LogP contribution in [0.3, 0.4) is 0 Å². The van der Waals surface area contributed by atoms with Gasteiger partial charge in [-0.3, -0.25) is 0 Å². The smallest absolute Gasteiger partial charge is 0.146 e. The van der Waals surface area contributed by atoms with Gasteiger partial charge in [0.2, 0.25) is 0 Å². The first kappa shape index (κ1) is 16.4. The SMILES string of the molecule is COc1ccc(N)cc1COc1c(I)cc(I)cc1I. The molecule has 0 unspecified atom stereocenters. The van der Waals surface area contributed by atoms with Crippen LogP contribution in [0.25, 0.3) is 0 Å². The Hall–Kier alpha value is 0.0300. The molecular formula is C14H12I3NO2. The fourth-order valence-electron chi connectivity index (χ4n) is 1.73. The monoisotopic (exact) mass is 607 g/mol. The first-order valence-corrected chi connectivity index (χ1v) is 8.94. The molecule has 2 N–H and O–H groups in total. The average molecular weight is 607 g/mol. The molecule has 0 bridgehead atoms. The predicted octanol–water partition coefficient (Wildman–Crippen LogP) is 4.67. The molecule has 0 saturated carbocycles. The van der Waals surface area contributed by atoms with E-state index in [0.29, 0.717) is 12.3 Å². The number of nitrogens with two attached hydrogens (primary N) is 1. The Morgan fingerprint density at radius 2 is 1.70 bits per heavy atom. The van der Waals surface area contributed by atoms with Crippen LogP contribution in [0.5, 0.6) is 11.5 Å². The zero-order chi connectivity index (χ0) is 14.7. The van der Waals surface area contributed by atoms with Crippen LogP contribution in [0.4, 0.5) is 5.69 Å². The second-order valence-corrected chi connectivity index (χ2v) is 7.63. The standard InChI is InChI=1S/C14H12I3NO2/c1-19-13-3-2-10(18)4-8(13)7-20-14-11(16)5-9(15)6-12(14)17/h2-6H,7,18H2,1H3. The lowest BCUT2D eigenvalue weighted by molar-refractivity contribution is 0.292. The number of benzene rings is 2. The van der Waals surface area contributed by atoms with Gasteiger partial charge in [0.05, 0.1) is 14.3 Å². The van der Waals surface area contributed by atoms with E-state index in [9.17, 15) is 0 Å². The van der Waals surface area contributed by atoms with Crippen molar-refractivity contribution in [1.82, 2.24) is 0 Å². The van der Waals surface area contributed by atoms with Crippen molar-refractivity contribution in [1.29, 1.82) is 0 Å². The van der Waals surface area contributed by atoms with Gasteiger partial charge >= 0.3 is 0 Å². The molecule has 106 valence electrons. The summed E-state index contributed by atoms with van der Waals surface area (Å²) in [6.45, 7) is 0.431. The topological polar surface area (TPSA) is 44.5 Å². The summed E-state index contributed by atoms with van der Waals surface area (Å²) in [6, 6.07) is 9.74. The van der Waals surface area contributed by atoms with Gasteiger partial charge in [-0.25, -0.2) is 0 Å². The molecule has 2 aromatic rings. The molecule has 0 fully saturated rings. The first-order valence-electron chi connectivity index (χ1n) is 5.71. The van der Waals surface area contributed by atoms with E-state index in [0.717, 1.165) is 24.2 Å². The van der Waals surface area contributed by atoms with Crippen LogP contribution in [0, 0.1) is 10.7 Å². The van der Waals surface area contributed by atoms with Gasteiger partial charge in [-0.2, -0.15) is 0 Å². The van der Waals surface area contributed by atoms with Crippen molar-refractivity contribution < 1.29 is 9.47 Å². The minimum absolute atomic E-state index is 0.431. The van der Waals surface area contributed by atoms with Crippen LogP contribution in [-0.4, -0.2) is 7.11 Å². The van der Waals surface area contributed by atoms with Gasteiger partial charge in [-0.15, -0.1) is 0 Å². The number of halogens is 3. The van der Waals surface area contributed by atoms with Crippen molar-refractivity contribution in [3.63, 3.8) is 0 Å². The summed E-state index contributed by atoms with van der Waals surface area (Å²) in [5.41, 5.74) is 7.46. The number of rotatable bonds is 4. The summed E-state index contributed by atoms with van der Waals surface area (Å²) in [5, 5.41) is 0. The normalized spacial score (nSPS) is 10.4. The maximum Gasteiger partial charge on any atom is 0.146 e. The Labute approximate surface area is 159 Å². The third kappa shape index (κ3) is 4.03. The number of nitrogen functional groups attached to an aromatic ring is 1. The Morgan fingerprint density at radius 3 is 2.30 bits per heavy atom. The largest absolute Gasteiger partial charge is 0.496 e. The molecule has 2 aromatic carbocycles. The molecule has 2 rings (SSSR count). The molecule has 6 heteroatoms. The molecule has 0 aliphatic carbocycles. The van der Waals surface area contributed by atoms with Crippen molar-refractivity contribution in [2.75, 3.05) is 12.8 Å². The van der Waals surface area contributed by atoms with E-state index in [1.807, 2.05) is 18.2 Å². The summed E-state index contributed by atoms with van der Waals surface area (Å²) in [4.78, 5) is 0. The van der Waals surface area contributed by atoms with Crippen molar-refractivity contribution in [2.45, 2.75) is 6.61 Å². The van der Waals surface area contributed by atoms with E-state index in [2.05, 4.69) is 79.9 Å². The number of hydrogen-bond donors (Lipinski definition) is 1. The molecule has 0 heterocycles. The van der Waals surface area contributed by atoms with Gasteiger partial charge in [-0.05, 0) is 98.1 Å². The average Bonchev–Trinajstić information content (AvgIpc) is 2.37. The van der Waals surface area contributed by atoms with Gasteiger partial charge in [0.1, 0.15) is 18.1 Å². The van der Waals surface area contributed by atoms with Gasteiger partial charge in [0.15, 0.2) is 0 Å². The summed E-state index contributed by atoms with van der Waals surface area (Å²) in [5.74, 6) is 1.69. The third-order valence-electron chi connectivity index (χ3n) is 2.64. The van der Waals surface area contributed by atoms with E-state index in [1.54, 1.807) is 7.11 Å². The molecule has 0 aliphatic heterocycles. The molecule has 3 nitrogen and oxygen atoms in total. The molecule has 0 saturated heterocycles. The lowest BCUT2D eigenvalue weighted by atomic mass is 10.2. The van der Waals surface area contributed by atoms with Gasteiger partial charge in [0.25, 0.3) is 0 Å². The van der Waals surface area contributed by atoms with Gasteiger partial charge in [0, 0.05) is 14.8 Å². The van der Waals surface area contributed by atoms with Crippen LogP contribution in [-0.2, 0) is 6.61 Å². The van der Waals surface area contributed by atoms with Crippen molar-refractivity contribution in [3.8, 4) is 11.5 Å². The quantitative estimate of drug-likeness (QED) is 0.407. The summed E-state index contributed by atoms with van der Waals surface area (Å²) in [6.07, 6.45) is 0. The van der Waals surface area contributed by atoms with E-state index >= 15 is 0 Å². The minimum atomic E-state index is 0.431. The summed E-state index contributed by atoms with van der Waals surface area (Å²) < 4.78 is 14.7. The molecule has 0 amide bonds. The van der Waals surface area contributed by atoms with Crippen LogP contribution >= 0.6 is 67.8 Å². The number of methoxy groups -OCH3 is 1. The molecule has 20 heavy (non-hydrogen) atoms. The lowest BCUT2D eigenvalue weighted by Crippen LogP contribution is -2.02. The van der Waals surface area contributed by atoms with Crippen molar-refractivity contribution in [3.05, 3.63) is 46.6 Å². The fraction of sp³-hybridized carbons (Fsp3) is 0.143. The van der Waals surface area contributed by atoms with E-state index < -0.39 is 0 Å². The number of ether oxygens (including phenoxy) is 2. The predicted molar refractivity (Wildman–Crippen MR) is 106 cm³/mol. The van der Waals surface area contributed by atoms with Crippen molar-refractivity contribution >= 4 is 73.5 Å². The van der Waals surface area contributed by atoms with Crippen molar-refractivity contribution in [2.24, 2.45) is 0 Å². The molecule has 0 spiro atoms. The highest BCUT2D eigenvalue weighted by Gasteiger charge is 2.10. The summed E-state index contributed by atoms with van der Waals surface area (Å²) in [7, 11) is 1.65. The summed E-state index contributed by atoms with van der Waals surface area (Å²) >= 11 is 6.88. The Morgan fingerprint density at radius 1 is 1.05 bits per heavy atom. The van der Waals surface area contributed by atoms with E-state index in [1.165, 1.54) is 3.57 Å². The number of hydrogen-bond acceptors (Lipinski definition) is 3. The lowest BCUT2D eigenvalue weighted by Gasteiger charge is -2.13. The second kappa shape index (κ2) is 7.34. The van der Waals surface area contributed by atoms with E-state index in [-0.39, 0.29) is 0 Å². The molecule has 0 radical (unpaired) electrons. The van der Waals surface area contributed by atoms with Crippen LogP contribution in [0.15, 0.2) is 30.3 Å². The maximum absolute atomic E-state index is 5.95. The first-order chi connectivity index (χ1) is 9.51. The highest BCUT2D eigenvalue weighted by atomic mass is 127. The van der Waals surface area contributed by atoms with E-state index in [4.69, 9.17) is 15.2 Å². The Kier molecular flexibility index (Phi) is 6.02. The fourth-order valence-corrected chi connectivity index (χ4v) is 5.62. The highest BCUT2D eigenvalue weighted by molar-refractivity contribution is 14.1. The van der Waals surface area contributed by atoms with Gasteiger partial charge < -0.3 is 15.2 Å². The molecule has 0 atom stereocenters. The highest BCUT2D eigenvalue weighted by Crippen LogP contribution is 2.31. The van der Waals surface area contributed by atoms with Crippen LogP contribution in [0.2, 0.25) is 0 Å². The minimum Gasteiger partial charge on any atom is -0.496 e. The third-order valence-corrected chi connectivity index (χ3v) is 4.86. The Balaban J connectivity index is 2.23. The maximum atomic E-state index is 5.95. The van der Waals surface area contributed by atoms with Gasteiger partial charge in [-0.1, -0.05) is 0 Å². The molecule has 0 aliphatic rings. The Bertz CT molecular complexity index is 609. The second-order valence-electron chi connectivity index (χ2n) is 4.06. The zero-order valence-corrected chi connectivity index (χ0v) is 17.1. The molecule has 0 aromatic heterocycles. The molecular weight excluding hydrogens is 595 g/mol. The zero-order valence-electron chi connectivity index (χ0n) is 10.6. The van der Waals surface area contributed by atoms with Crippen LogP contribution < -0.4 is 15.2 Å². The van der Waals surface area contributed by atoms with Crippen LogP contribution in [0.1, 0.15) is 5.56 Å². The number of anilines is 1.